The Labute approximate surface area is 245 Å². The van der Waals surface area contributed by atoms with Crippen molar-refractivity contribution in [1.29, 1.82) is 0 Å². The number of carbonyl (C=O) groups excluding carboxylic acids is 1. The number of nitrogen functional groups attached to an aromatic ring is 1. The average molecular weight is 660 g/mol. The Morgan fingerprint density at radius 3 is 2.57 bits per heavy atom. The van der Waals surface area contributed by atoms with Gasteiger partial charge in [0.25, 0.3) is 0 Å². The van der Waals surface area contributed by atoms with Crippen LogP contribution in [0.3, 0.4) is 0 Å². The lowest BCUT2D eigenvalue weighted by molar-refractivity contribution is -0.0613. The second-order valence-corrected chi connectivity index (χ2v) is 11.8. The molecular formula is C20H24N9O13P2+. The molecule has 22 nitrogen and oxygen atoms in total. The topological polar surface area (TPSA) is 311 Å². The van der Waals surface area contributed by atoms with Crippen LogP contribution in [0, 0.1) is 0 Å². The van der Waals surface area contributed by atoms with Crippen molar-refractivity contribution in [3.05, 3.63) is 24.7 Å². The van der Waals surface area contributed by atoms with Crippen LogP contribution in [0.25, 0.3) is 11.2 Å². The fraction of sp³-hybridized carbons (Fsp3) is 0.550. The van der Waals surface area contributed by atoms with Crippen LogP contribution in [0.15, 0.2) is 29.2 Å². The molecule has 0 aromatic carbocycles. The minimum absolute atomic E-state index is 0.0314. The molecule has 6 heterocycles. The monoisotopic (exact) mass is 660 g/mol. The maximum absolute atomic E-state index is 13.1. The lowest BCUT2D eigenvalue weighted by atomic mass is 10.1. The highest BCUT2D eigenvalue weighted by atomic mass is 31.2. The molecule has 0 saturated carbocycles. The third kappa shape index (κ3) is 5.55. The van der Waals surface area contributed by atoms with Gasteiger partial charge in [-0.25, -0.2) is 24.5 Å². The molecule has 0 spiro atoms. The smallest absolute Gasteiger partial charge is 0.394 e. The molecule has 24 heteroatoms. The van der Waals surface area contributed by atoms with Crippen molar-refractivity contribution in [3.8, 4) is 0 Å². The number of ether oxygens (including phenoxy) is 2. The van der Waals surface area contributed by atoms with Crippen molar-refractivity contribution >= 4 is 44.7 Å². The minimum atomic E-state index is -5.13. The first-order valence-corrected chi connectivity index (χ1v) is 15.3. The zero-order chi connectivity index (χ0) is 31.3. The number of rotatable bonds is 10. The number of azo groups is 1. The maximum Gasteiger partial charge on any atom is 0.695 e. The Kier molecular flexibility index (Phi) is 8.34. The van der Waals surface area contributed by atoms with Crippen molar-refractivity contribution in [3.63, 3.8) is 0 Å². The summed E-state index contributed by atoms with van der Waals surface area (Å²) in [7, 11) is -8.42. The molecule has 3 aliphatic heterocycles. The number of anilines is 1. The van der Waals surface area contributed by atoms with Gasteiger partial charge >= 0.3 is 16.1 Å². The molecule has 3 aromatic rings. The molecule has 2 unspecified atom stereocenters. The van der Waals surface area contributed by atoms with Gasteiger partial charge in [-0.2, -0.15) is 5.11 Å². The first-order valence-electron chi connectivity index (χ1n) is 12.7. The molecule has 3 aromatic heterocycles. The fourth-order valence-electron chi connectivity index (χ4n) is 5.01. The number of phosphoric ester groups is 1. The molecule has 2 fully saturated rings. The van der Waals surface area contributed by atoms with Crippen molar-refractivity contribution in [1.82, 2.24) is 29.1 Å². The molecule has 6 rings (SSSR count). The summed E-state index contributed by atoms with van der Waals surface area (Å²) in [5.74, 6) is -0.456. The molecule has 0 bridgehead atoms. The normalized spacial score (nSPS) is 31.8. The second-order valence-electron chi connectivity index (χ2n) is 9.67. The van der Waals surface area contributed by atoms with E-state index in [4.69, 9.17) is 28.8 Å². The largest absolute Gasteiger partial charge is 0.695 e. The van der Waals surface area contributed by atoms with Gasteiger partial charge in [-0.15, -0.1) is 14.5 Å². The number of aliphatic hydroxyl groups excluding tert-OH is 3. The molecule has 236 valence electrons. The van der Waals surface area contributed by atoms with Crippen molar-refractivity contribution < 1.29 is 62.1 Å². The Balaban J connectivity index is 1.20. The molecule has 2 saturated heterocycles. The lowest BCUT2D eigenvalue weighted by Crippen LogP contribution is -2.36. The molecule has 0 aliphatic carbocycles. The summed E-state index contributed by atoms with van der Waals surface area (Å²) >= 11 is 0. The van der Waals surface area contributed by atoms with Gasteiger partial charge < -0.3 is 35.4 Å². The van der Waals surface area contributed by atoms with Crippen LogP contribution in [0.4, 0.5) is 11.6 Å². The number of hydrogen-bond donors (Lipinski definition) is 6. The van der Waals surface area contributed by atoms with Crippen LogP contribution in [0.2, 0.25) is 0 Å². The van der Waals surface area contributed by atoms with Gasteiger partial charge in [0.1, 0.15) is 48.9 Å². The number of hydrogen-bond acceptors (Lipinski definition) is 18. The number of aliphatic hydroxyl groups is 3. The summed E-state index contributed by atoms with van der Waals surface area (Å²) in [6.45, 7) is -1.76. The van der Waals surface area contributed by atoms with E-state index in [0.717, 1.165) is 17.2 Å². The number of phosphoric acid groups is 1. The SMILES string of the molecule is Nc1ncnc2c1ncn2[C@@H]1O[C@H](CO)[C@@H](O)[C@H]1OP(=O)(O)OC[C@H]1O[C@@H](n2cnc3c2N=NCC3=O)[C@H](O)[C@@H]1O[P+](=O)O. The molecule has 7 N–H and O–H groups in total. The predicted molar refractivity (Wildman–Crippen MR) is 138 cm³/mol. The summed E-state index contributed by atoms with van der Waals surface area (Å²) in [6.07, 6.45) is -8.48. The summed E-state index contributed by atoms with van der Waals surface area (Å²) in [6, 6.07) is 0. The van der Waals surface area contributed by atoms with E-state index in [0.29, 0.717) is 0 Å². The first-order chi connectivity index (χ1) is 21.0. The van der Waals surface area contributed by atoms with E-state index in [1.807, 2.05) is 0 Å². The Hall–Kier alpha value is -3.24. The van der Waals surface area contributed by atoms with E-state index >= 15 is 0 Å². The van der Waals surface area contributed by atoms with E-state index in [2.05, 4.69) is 30.2 Å². The van der Waals surface area contributed by atoms with Crippen LogP contribution in [0.1, 0.15) is 22.9 Å². The zero-order valence-electron chi connectivity index (χ0n) is 22.0. The number of fused-ring (bicyclic) bond motifs is 2. The van der Waals surface area contributed by atoms with Crippen molar-refractivity contribution in [2.24, 2.45) is 10.2 Å². The summed E-state index contributed by atoms with van der Waals surface area (Å²) in [5, 5.41) is 38.9. The standard InChI is InChI=1S/C20H23N9O13P2/c21-16-11-17(23-4-22-16)28(6-25-11)20-15(12(32)8(2-30)39-20)42-44(36,37)38-3-9-14(41-43(34)35)13(33)19(40-9)29-5-24-10-7(31)1-26-27-18(10)29/h4-6,8-9,12-15,19-20,30,32-33H,1-3H2,(H3-,21,22,23,34,35,36,37)/p+1/t8-,9-,12-,13-,14-,15-,19-,20-/m1/s1. The van der Waals surface area contributed by atoms with E-state index < -0.39 is 84.2 Å². The van der Waals surface area contributed by atoms with E-state index in [9.17, 15) is 39.0 Å². The first kappa shape index (κ1) is 30.8. The van der Waals surface area contributed by atoms with Crippen LogP contribution in [0.5, 0.6) is 0 Å². The van der Waals surface area contributed by atoms with E-state index in [1.165, 1.54) is 10.9 Å². The van der Waals surface area contributed by atoms with E-state index in [1.54, 1.807) is 0 Å². The highest BCUT2D eigenvalue weighted by molar-refractivity contribution is 7.47. The Morgan fingerprint density at radius 2 is 1.82 bits per heavy atom. The van der Waals surface area contributed by atoms with Crippen molar-refractivity contribution in [2.45, 2.75) is 49.1 Å². The number of Topliss-reactive ketones (excluding diaryl/α,β-unsaturated/α-hetero) is 1. The molecule has 10 atom stereocenters. The Morgan fingerprint density at radius 1 is 1.07 bits per heavy atom. The number of aromatic nitrogens is 6. The fourth-order valence-corrected chi connectivity index (χ4v) is 6.41. The van der Waals surface area contributed by atoms with E-state index in [-0.39, 0.29) is 35.0 Å². The zero-order valence-corrected chi connectivity index (χ0v) is 23.8. The number of carbonyl (C=O) groups is 1. The predicted octanol–water partition coefficient (Wildman–Crippen LogP) is -1.37. The van der Waals surface area contributed by atoms with Gasteiger partial charge in [0.05, 0.1) is 25.9 Å². The summed E-state index contributed by atoms with van der Waals surface area (Å²) in [5.41, 5.74) is 6.09. The maximum atomic E-state index is 13.1. The molecular weight excluding hydrogens is 636 g/mol. The summed E-state index contributed by atoms with van der Waals surface area (Å²) in [4.78, 5) is 48.0. The average Bonchev–Trinajstić information content (AvgIpc) is 3.74. The van der Waals surface area contributed by atoms with Gasteiger partial charge in [0.15, 0.2) is 41.5 Å². The highest BCUT2D eigenvalue weighted by Crippen LogP contribution is 2.50. The second kappa shape index (κ2) is 11.9. The van der Waals surface area contributed by atoms with Crippen LogP contribution < -0.4 is 5.73 Å². The minimum Gasteiger partial charge on any atom is -0.394 e. The van der Waals surface area contributed by atoms with Crippen LogP contribution in [-0.4, -0.2) is 116 Å². The van der Waals surface area contributed by atoms with Gasteiger partial charge in [0, 0.05) is 4.57 Å². The highest BCUT2D eigenvalue weighted by Gasteiger charge is 2.53. The number of nitrogens with zero attached hydrogens (tertiary/aromatic N) is 8. The molecule has 44 heavy (non-hydrogen) atoms. The third-order valence-electron chi connectivity index (χ3n) is 7.02. The van der Waals surface area contributed by atoms with Gasteiger partial charge in [-0.3, -0.25) is 23.0 Å². The van der Waals surface area contributed by atoms with Crippen LogP contribution in [-0.2, 0) is 32.2 Å². The molecule has 0 amide bonds. The van der Waals surface area contributed by atoms with Gasteiger partial charge in [0.2, 0.25) is 5.78 Å². The number of imidazole rings is 2. The lowest BCUT2D eigenvalue weighted by Gasteiger charge is -2.24. The summed E-state index contributed by atoms with van der Waals surface area (Å²) < 4.78 is 53.7. The van der Waals surface area contributed by atoms with Gasteiger partial charge in [-0.1, -0.05) is 0 Å². The molecule has 3 aliphatic rings. The number of ketones is 1. The third-order valence-corrected chi connectivity index (χ3v) is 8.43. The van der Waals surface area contributed by atoms with Crippen molar-refractivity contribution in [2.75, 3.05) is 25.5 Å². The number of nitrogens with two attached hydrogens (primary N) is 1. The molecule has 0 radical (unpaired) electrons. The Bertz CT molecular complexity index is 1670. The quantitative estimate of drug-likeness (QED) is 0.137. The van der Waals surface area contributed by atoms with Crippen LogP contribution >= 0.6 is 16.1 Å². The van der Waals surface area contributed by atoms with Gasteiger partial charge in [-0.05, 0) is 0 Å².